The maximum absolute atomic E-state index is 13.1. The van der Waals surface area contributed by atoms with Gasteiger partial charge >= 0.3 is 12.0 Å². The molecule has 3 N–H and O–H groups in total. The minimum absolute atomic E-state index is 0.0441. The lowest BCUT2D eigenvalue weighted by atomic mass is 9.61. The number of carboxylic acid groups (broad SMARTS) is 1. The number of aliphatic carboxylic acids is 1. The van der Waals surface area contributed by atoms with Crippen molar-refractivity contribution in [3.05, 3.63) is 59.1 Å². The Morgan fingerprint density at radius 3 is 2.50 bits per heavy atom. The second-order valence-corrected chi connectivity index (χ2v) is 9.70. The average molecular weight is 485 g/mol. The molecule has 2 aromatic rings. The second kappa shape index (κ2) is 10.2. The lowest BCUT2D eigenvalue weighted by Gasteiger charge is -2.45. The SMILES string of the molecule is COC1(CC(=O)O)CCC2CC(c3ccc(NC(=O)Nc4cccc(Cl)c4)cc3)CCC2C1=O. The van der Waals surface area contributed by atoms with Gasteiger partial charge in [0.15, 0.2) is 5.78 Å². The molecule has 2 aliphatic rings. The van der Waals surface area contributed by atoms with Crippen LogP contribution < -0.4 is 10.6 Å². The van der Waals surface area contributed by atoms with E-state index in [2.05, 4.69) is 10.6 Å². The summed E-state index contributed by atoms with van der Waals surface area (Å²) < 4.78 is 5.47. The molecule has 4 unspecified atom stereocenters. The van der Waals surface area contributed by atoms with Crippen LogP contribution in [0.5, 0.6) is 0 Å². The standard InChI is InChI=1S/C26H29ClN2O5/c1-34-26(15-23(30)31)12-11-18-13-17(7-10-22(18)24(26)32)16-5-8-20(9-6-16)28-25(33)29-21-4-2-3-19(27)14-21/h2-6,8-9,14,17-18,22H,7,10-13,15H2,1H3,(H,30,31)(H2,28,29,33). The van der Waals surface area contributed by atoms with E-state index in [1.165, 1.54) is 12.7 Å². The molecule has 0 aliphatic heterocycles. The molecule has 2 aromatic carbocycles. The highest BCUT2D eigenvalue weighted by molar-refractivity contribution is 6.30. The van der Waals surface area contributed by atoms with E-state index in [0.717, 1.165) is 25.7 Å². The summed E-state index contributed by atoms with van der Waals surface area (Å²) in [6, 6.07) is 14.4. The van der Waals surface area contributed by atoms with Crippen molar-refractivity contribution in [1.29, 1.82) is 0 Å². The molecule has 180 valence electrons. The zero-order valence-corrected chi connectivity index (χ0v) is 19.8. The smallest absolute Gasteiger partial charge is 0.323 e. The number of urea groups is 1. The fourth-order valence-electron chi connectivity index (χ4n) is 5.50. The summed E-state index contributed by atoms with van der Waals surface area (Å²) in [4.78, 5) is 36.7. The number of carboxylic acids is 1. The van der Waals surface area contributed by atoms with E-state index in [-0.39, 0.29) is 30.1 Å². The molecule has 2 aliphatic carbocycles. The van der Waals surface area contributed by atoms with E-state index in [4.69, 9.17) is 16.3 Å². The number of benzene rings is 2. The van der Waals surface area contributed by atoms with E-state index in [1.54, 1.807) is 24.3 Å². The molecule has 4 atom stereocenters. The number of carbonyl (C=O) groups excluding carboxylic acids is 2. The highest BCUT2D eigenvalue weighted by Gasteiger charge is 2.51. The number of hydrogen-bond acceptors (Lipinski definition) is 4. The van der Waals surface area contributed by atoms with Crippen LogP contribution in [0.1, 0.15) is 50.0 Å². The Morgan fingerprint density at radius 1 is 1.09 bits per heavy atom. The molecule has 0 aromatic heterocycles. The predicted molar refractivity (Wildman–Crippen MR) is 130 cm³/mol. The van der Waals surface area contributed by atoms with Gasteiger partial charge in [0.25, 0.3) is 0 Å². The van der Waals surface area contributed by atoms with Gasteiger partial charge in [0.2, 0.25) is 0 Å². The molecule has 0 spiro atoms. The summed E-state index contributed by atoms with van der Waals surface area (Å²) >= 11 is 5.95. The first-order chi connectivity index (χ1) is 16.3. The van der Waals surface area contributed by atoms with Gasteiger partial charge in [-0.05, 0) is 79.8 Å². The third kappa shape index (κ3) is 5.26. The van der Waals surface area contributed by atoms with Gasteiger partial charge in [-0.2, -0.15) is 0 Å². The van der Waals surface area contributed by atoms with Gasteiger partial charge in [-0.3, -0.25) is 9.59 Å². The van der Waals surface area contributed by atoms with Crippen LogP contribution in [0.2, 0.25) is 5.02 Å². The van der Waals surface area contributed by atoms with Crippen LogP contribution in [-0.4, -0.2) is 35.6 Å². The summed E-state index contributed by atoms with van der Waals surface area (Å²) in [6.45, 7) is 0. The van der Waals surface area contributed by atoms with Gasteiger partial charge in [0.05, 0.1) is 6.42 Å². The number of nitrogens with one attached hydrogen (secondary N) is 2. The van der Waals surface area contributed by atoms with Crippen molar-refractivity contribution < 1.29 is 24.2 Å². The molecule has 7 nitrogen and oxygen atoms in total. The first-order valence-corrected chi connectivity index (χ1v) is 11.9. The number of methoxy groups -OCH3 is 1. The van der Waals surface area contributed by atoms with Gasteiger partial charge in [-0.15, -0.1) is 0 Å². The number of ketones is 1. The molecule has 0 radical (unpaired) electrons. The minimum atomic E-state index is -1.18. The summed E-state index contributed by atoms with van der Waals surface area (Å²) in [5.41, 5.74) is 1.30. The van der Waals surface area contributed by atoms with Crippen molar-refractivity contribution in [2.75, 3.05) is 17.7 Å². The van der Waals surface area contributed by atoms with Crippen molar-refractivity contribution >= 4 is 40.8 Å². The zero-order chi connectivity index (χ0) is 24.3. The summed E-state index contributed by atoms with van der Waals surface area (Å²) in [7, 11) is 1.44. The summed E-state index contributed by atoms with van der Waals surface area (Å²) in [6.07, 6.45) is 3.47. The van der Waals surface area contributed by atoms with E-state index >= 15 is 0 Å². The molecule has 0 saturated heterocycles. The third-order valence-corrected chi connectivity index (χ3v) is 7.47. The van der Waals surface area contributed by atoms with Gasteiger partial charge in [0, 0.05) is 29.4 Å². The molecule has 2 fully saturated rings. The minimum Gasteiger partial charge on any atom is -0.481 e. The summed E-state index contributed by atoms with van der Waals surface area (Å²) in [5.74, 6) is -0.613. The van der Waals surface area contributed by atoms with E-state index in [0.29, 0.717) is 28.7 Å². The van der Waals surface area contributed by atoms with Crippen LogP contribution in [0.4, 0.5) is 16.2 Å². The highest BCUT2D eigenvalue weighted by atomic mass is 35.5. The van der Waals surface area contributed by atoms with Crippen molar-refractivity contribution in [1.82, 2.24) is 0 Å². The Kier molecular flexibility index (Phi) is 7.24. The van der Waals surface area contributed by atoms with Crippen LogP contribution in [0, 0.1) is 11.8 Å². The molecular formula is C26H29ClN2O5. The van der Waals surface area contributed by atoms with Crippen LogP contribution in [0.15, 0.2) is 48.5 Å². The van der Waals surface area contributed by atoms with Gasteiger partial charge in [-0.1, -0.05) is 29.8 Å². The average Bonchev–Trinajstić information content (AvgIpc) is 2.81. The molecule has 8 heteroatoms. The normalized spacial score (nSPS) is 26.4. The number of rotatable bonds is 6. The fourth-order valence-corrected chi connectivity index (χ4v) is 5.69. The lowest BCUT2D eigenvalue weighted by molar-refractivity contribution is -0.165. The maximum Gasteiger partial charge on any atom is 0.323 e. The number of hydrogen-bond donors (Lipinski definition) is 3. The Bertz CT molecular complexity index is 1070. The number of halogens is 1. The molecular weight excluding hydrogens is 456 g/mol. The van der Waals surface area contributed by atoms with Gasteiger partial charge in [0.1, 0.15) is 5.60 Å². The van der Waals surface area contributed by atoms with Gasteiger partial charge < -0.3 is 20.5 Å². The first-order valence-electron chi connectivity index (χ1n) is 11.5. The molecule has 0 bridgehead atoms. The van der Waals surface area contributed by atoms with E-state index in [1.807, 2.05) is 24.3 Å². The third-order valence-electron chi connectivity index (χ3n) is 7.24. The number of amides is 2. The number of anilines is 2. The number of Topliss-reactive ketones (excluding diaryl/α,β-unsaturated/α-hetero) is 1. The molecule has 2 amide bonds. The second-order valence-electron chi connectivity index (χ2n) is 9.26. The van der Waals surface area contributed by atoms with Crippen molar-refractivity contribution in [3.8, 4) is 0 Å². The Balaban J connectivity index is 1.35. The highest BCUT2D eigenvalue weighted by Crippen LogP contribution is 2.48. The molecule has 4 rings (SSSR count). The molecule has 34 heavy (non-hydrogen) atoms. The largest absolute Gasteiger partial charge is 0.481 e. The Hall–Kier alpha value is -2.90. The van der Waals surface area contributed by atoms with Crippen LogP contribution >= 0.6 is 11.6 Å². The van der Waals surface area contributed by atoms with Gasteiger partial charge in [-0.25, -0.2) is 4.79 Å². The quantitative estimate of drug-likeness (QED) is 0.487. The topological polar surface area (TPSA) is 105 Å². The number of fused-ring (bicyclic) bond motifs is 1. The number of carbonyl (C=O) groups is 3. The maximum atomic E-state index is 13.1. The summed E-state index contributed by atoms with van der Waals surface area (Å²) in [5, 5.41) is 15.4. The Morgan fingerprint density at radius 2 is 1.82 bits per heavy atom. The fraction of sp³-hybridized carbons (Fsp3) is 0.423. The lowest BCUT2D eigenvalue weighted by Crippen LogP contribution is -2.52. The van der Waals surface area contributed by atoms with Crippen LogP contribution in [0.25, 0.3) is 0 Å². The first kappa shape index (κ1) is 24.2. The monoisotopic (exact) mass is 484 g/mol. The van der Waals surface area contributed by atoms with Crippen molar-refractivity contribution in [3.63, 3.8) is 0 Å². The van der Waals surface area contributed by atoms with E-state index < -0.39 is 11.6 Å². The van der Waals surface area contributed by atoms with E-state index in [9.17, 15) is 19.5 Å². The zero-order valence-electron chi connectivity index (χ0n) is 19.1. The van der Waals surface area contributed by atoms with Crippen LogP contribution in [0.3, 0.4) is 0 Å². The van der Waals surface area contributed by atoms with Crippen molar-refractivity contribution in [2.45, 2.75) is 50.0 Å². The predicted octanol–water partition coefficient (Wildman–Crippen LogP) is 5.71. The van der Waals surface area contributed by atoms with Crippen molar-refractivity contribution in [2.24, 2.45) is 11.8 Å². The molecule has 0 heterocycles. The Labute approximate surface area is 203 Å². The number of ether oxygens (including phenoxy) is 1. The molecule has 2 saturated carbocycles. The van der Waals surface area contributed by atoms with Crippen LogP contribution in [-0.2, 0) is 14.3 Å².